The third-order valence-corrected chi connectivity index (χ3v) is 5.27. The number of aromatic nitrogens is 3. The van der Waals surface area contributed by atoms with Gasteiger partial charge < -0.3 is 15.0 Å². The van der Waals surface area contributed by atoms with Crippen LogP contribution in [-0.4, -0.2) is 53.2 Å². The van der Waals surface area contributed by atoms with Gasteiger partial charge in [-0.1, -0.05) is 21.3 Å². The Morgan fingerprint density at radius 2 is 2.00 bits per heavy atom. The molecule has 1 aliphatic rings. The van der Waals surface area contributed by atoms with Gasteiger partial charge in [-0.2, -0.15) is 18.3 Å². The fraction of sp³-hybridized carbons (Fsp3) is 0.591. The second kappa shape index (κ2) is 10.3. The van der Waals surface area contributed by atoms with Crippen LogP contribution < -0.4 is 10.2 Å². The maximum atomic E-state index is 12.4. The average Bonchev–Trinajstić information content (AvgIpc) is 3.11. The van der Waals surface area contributed by atoms with Gasteiger partial charge >= 0.3 is 6.18 Å². The minimum Gasteiger partial charge on any atom is -0.370 e. The number of rotatable bonds is 8. The van der Waals surface area contributed by atoms with Crippen molar-refractivity contribution in [2.45, 2.75) is 59.8 Å². The minimum absolute atomic E-state index is 0. The van der Waals surface area contributed by atoms with Gasteiger partial charge in [-0.3, -0.25) is 14.5 Å². The van der Waals surface area contributed by atoms with Crippen LogP contribution in [0.25, 0.3) is 0 Å². The molecule has 0 saturated heterocycles. The third kappa shape index (κ3) is 6.21. The Bertz CT molecular complexity index is 927. The molecule has 0 aromatic carbocycles. The van der Waals surface area contributed by atoms with Crippen molar-refractivity contribution >= 4 is 17.3 Å². The monoisotopic (exact) mass is 455 g/mol. The number of halogens is 3. The molecule has 32 heavy (non-hydrogen) atoms. The predicted octanol–water partition coefficient (Wildman–Crippen LogP) is 4.00. The molecular formula is C22H32F3N5O2. The van der Waals surface area contributed by atoms with E-state index in [-0.39, 0.29) is 38.4 Å². The lowest BCUT2D eigenvalue weighted by Crippen LogP contribution is -2.49. The first-order valence-electron chi connectivity index (χ1n) is 10.2. The van der Waals surface area contributed by atoms with E-state index in [2.05, 4.69) is 20.1 Å². The zero-order chi connectivity index (χ0) is 22.8. The van der Waals surface area contributed by atoms with Crippen LogP contribution >= 0.6 is 0 Å². The molecule has 0 spiro atoms. The Kier molecular flexibility index (Phi) is 8.28. The van der Waals surface area contributed by atoms with E-state index in [1.54, 1.807) is 10.9 Å². The molecule has 0 radical (unpaired) electrons. The number of nitrogens with zero attached hydrogens (tertiary/aromatic N) is 4. The molecule has 0 fully saturated rings. The molecule has 1 amide bonds. The quantitative estimate of drug-likeness (QED) is 0.610. The standard InChI is InChI=1S/C21H28F3N5O2.CH4/c1-13(2)19-20(30)27-18-14(3)26-16(9-17(18)28(19)4)6-5-15-10-25-29(11-15)7-8-31-12-21(22,23)24;/h9-11,13,19H,5-8,12H2,1-4H3,(H,27,30);1H4/t19-;/m0./s1. The Morgan fingerprint density at radius 1 is 1.28 bits per heavy atom. The number of alkyl halides is 3. The molecule has 1 atom stereocenters. The van der Waals surface area contributed by atoms with E-state index in [1.807, 2.05) is 45.0 Å². The van der Waals surface area contributed by atoms with Crippen LogP contribution in [0.4, 0.5) is 24.5 Å². The summed E-state index contributed by atoms with van der Waals surface area (Å²) in [5.41, 5.74) is 4.35. The summed E-state index contributed by atoms with van der Waals surface area (Å²) in [6.45, 7) is 4.87. The molecule has 178 valence electrons. The number of hydrogen-bond acceptors (Lipinski definition) is 5. The molecule has 10 heteroatoms. The van der Waals surface area contributed by atoms with Gasteiger partial charge in [0.15, 0.2) is 0 Å². The van der Waals surface area contributed by atoms with Crippen LogP contribution in [0.5, 0.6) is 0 Å². The largest absolute Gasteiger partial charge is 0.411 e. The predicted molar refractivity (Wildman–Crippen MR) is 118 cm³/mol. The number of carbonyl (C=O) groups excluding carboxylic acids is 1. The number of ether oxygens (including phenoxy) is 1. The third-order valence-electron chi connectivity index (χ3n) is 5.27. The van der Waals surface area contributed by atoms with Crippen LogP contribution in [0.3, 0.4) is 0 Å². The number of aryl methyl sites for hydroxylation is 3. The van der Waals surface area contributed by atoms with E-state index in [0.717, 1.165) is 28.3 Å². The number of anilines is 2. The highest BCUT2D eigenvalue weighted by atomic mass is 19.4. The van der Waals surface area contributed by atoms with Gasteiger partial charge in [-0.05, 0) is 37.3 Å². The molecule has 3 rings (SSSR count). The van der Waals surface area contributed by atoms with Crippen molar-refractivity contribution in [1.82, 2.24) is 14.8 Å². The van der Waals surface area contributed by atoms with Crippen molar-refractivity contribution in [3.05, 3.63) is 35.4 Å². The number of nitrogens with one attached hydrogen (secondary N) is 1. The first-order chi connectivity index (χ1) is 14.5. The summed E-state index contributed by atoms with van der Waals surface area (Å²) in [6.07, 6.45) is 0.567. The second-order valence-electron chi connectivity index (χ2n) is 8.16. The molecule has 0 aliphatic carbocycles. The van der Waals surface area contributed by atoms with E-state index in [9.17, 15) is 18.0 Å². The van der Waals surface area contributed by atoms with Gasteiger partial charge in [-0.25, -0.2) is 0 Å². The summed E-state index contributed by atoms with van der Waals surface area (Å²) in [7, 11) is 1.93. The fourth-order valence-electron chi connectivity index (χ4n) is 3.83. The van der Waals surface area contributed by atoms with E-state index in [1.165, 1.54) is 0 Å². The van der Waals surface area contributed by atoms with Crippen molar-refractivity contribution in [3.8, 4) is 0 Å². The molecule has 7 nitrogen and oxygen atoms in total. The maximum absolute atomic E-state index is 12.4. The lowest BCUT2D eigenvalue weighted by Gasteiger charge is -2.38. The van der Waals surface area contributed by atoms with E-state index in [4.69, 9.17) is 0 Å². The molecule has 0 bridgehead atoms. The number of carbonyl (C=O) groups is 1. The van der Waals surface area contributed by atoms with Crippen molar-refractivity contribution in [2.24, 2.45) is 5.92 Å². The Labute approximate surface area is 187 Å². The zero-order valence-electron chi connectivity index (χ0n) is 18.2. The van der Waals surface area contributed by atoms with E-state index >= 15 is 0 Å². The topological polar surface area (TPSA) is 72.3 Å². The number of fused-ring (bicyclic) bond motifs is 1. The van der Waals surface area contributed by atoms with Gasteiger partial charge in [0.1, 0.15) is 12.6 Å². The Balaban J connectivity index is 0.00000363. The summed E-state index contributed by atoms with van der Waals surface area (Å²) in [5, 5.41) is 7.17. The van der Waals surface area contributed by atoms with Crippen molar-refractivity contribution in [3.63, 3.8) is 0 Å². The first-order valence-corrected chi connectivity index (χ1v) is 10.2. The summed E-state index contributed by atoms with van der Waals surface area (Å²) in [6, 6.07) is 1.77. The first kappa shape index (κ1) is 25.6. The minimum atomic E-state index is -4.32. The Morgan fingerprint density at radius 3 is 2.66 bits per heavy atom. The molecule has 1 aliphatic heterocycles. The van der Waals surface area contributed by atoms with Gasteiger partial charge in [0.25, 0.3) is 0 Å². The highest BCUT2D eigenvalue weighted by Gasteiger charge is 2.34. The summed E-state index contributed by atoms with van der Waals surface area (Å²) >= 11 is 0. The maximum Gasteiger partial charge on any atom is 0.411 e. The Hall–Kier alpha value is -2.62. The molecular weight excluding hydrogens is 423 g/mol. The molecule has 3 heterocycles. The SMILES string of the molecule is C.Cc1nc(CCc2cnn(CCOCC(F)(F)F)c2)cc2c1NC(=O)[C@H](C(C)C)N2C. The van der Waals surface area contributed by atoms with Crippen LogP contribution in [0, 0.1) is 12.8 Å². The van der Waals surface area contributed by atoms with Gasteiger partial charge in [0, 0.05) is 18.9 Å². The molecule has 1 N–H and O–H groups in total. The van der Waals surface area contributed by atoms with Crippen LogP contribution in [0.15, 0.2) is 18.5 Å². The lowest BCUT2D eigenvalue weighted by molar-refractivity contribution is -0.174. The number of pyridine rings is 1. The van der Waals surface area contributed by atoms with Crippen LogP contribution in [0.1, 0.15) is 38.2 Å². The summed E-state index contributed by atoms with van der Waals surface area (Å²) < 4.78 is 42.5. The molecule has 2 aromatic heterocycles. The molecule has 0 saturated carbocycles. The van der Waals surface area contributed by atoms with Crippen molar-refractivity contribution in [2.75, 3.05) is 30.5 Å². The van der Waals surface area contributed by atoms with Gasteiger partial charge in [0.2, 0.25) is 5.91 Å². The number of hydrogen-bond donors (Lipinski definition) is 1. The highest BCUT2D eigenvalue weighted by molar-refractivity contribution is 6.04. The molecule has 0 unspecified atom stereocenters. The van der Waals surface area contributed by atoms with E-state index < -0.39 is 12.8 Å². The van der Waals surface area contributed by atoms with Crippen LogP contribution in [0.2, 0.25) is 0 Å². The van der Waals surface area contributed by atoms with Gasteiger partial charge in [-0.15, -0.1) is 0 Å². The van der Waals surface area contributed by atoms with Gasteiger partial charge in [0.05, 0.1) is 36.4 Å². The average molecular weight is 456 g/mol. The smallest absolute Gasteiger partial charge is 0.370 e. The summed E-state index contributed by atoms with van der Waals surface area (Å²) in [5.74, 6) is 0.148. The fourth-order valence-corrected chi connectivity index (χ4v) is 3.83. The molecule has 2 aromatic rings. The summed E-state index contributed by atoms with van der Waals surface area (Å²) in [4.78, 5) is 19.1. The second-order valence-corrected chi connectivity index (χ2v) is 8.16. The van der Waals surface area contributed by atoms with Crippen molar-refractivity contribution < 1.29 is 22.7 Å². The van der Waals surface area contributed by atoms with E-state index in [0.29, 0.717) is 12.8 Å². The number of likely N-dealkylation sites (N-methyl/N-ethyl adjacent to an activating group) is 1. The zero-order valence-corrected chi connectivity index (χ0v) is 18.2. The highest BCUT2D eigenvalue weighted by Crippen LogP contribution is 2.35. The normalized spacial score (nSPS) is 16.1. The van der Waals surface area contributed by atoms with Crippen LogP contribution in [-0.2, 0) is 28.9 Å². The number of amides is 1. The van der Waals surface area contributed by atoms with Crippen molar-refractivity contribution in [1.29, 1.82) is 0 Å². The lowest BCUT2D eigenvalue weighted by atomic mass is 9.97.